The van der Waals surface area contributed by atoms with Crippen LogP contribution in [0.15, 0.2) is 0 Å². The van der Waals surface area contributed by atoms with Gasteiger partial charge in [-0.1, -0.05) is 0 Å². The molecule has 0 aliphatic carbocycles. The van der Waals surface area contributed by atoms with E-state index in [1.165, 1.54) is 0 Å². The van der Waals surface area contributed by atoms with E-state index in [0.29, 0.717) is 0 Å². The molecule has 0 fully saturated rings. The van der Waals surface area contributed by atoms with Crippen molar-refractivity contribution >= 4 is 0 Å². The van der Waals surface area contributed by atoms with Crippen molar-refractivity contribution in [3.63, 3.8) is 0 Å². The molecule has 5 heteroatoms. The Bertz CT molecular complexity index is 4.85. The summed E-state index contributed by atoms with van der Waals surface area (Å²) < 4.78 is 0. The zero-order chi connectivity index (χ0) is 0. The molecule has 0 aliphatic rings. The molecule has 0 unspecified atom stereocenters. The zero-order valence-corrected chi connectivity index (χ0v) is 4.11. The SMILES string of the molecule is O.O.O.[Ni+2].[Ni]. The van der Waals surface area contributed by atoms with Crippen LogP contribution in [0.2, 0.25) is 0 Å². The van der Waals surface area contributed by atoms with Gasteiger partial charge in [0.25, 0.3) is 0 Å². The summed E-state index contributed by atoms with van der Waals surface area (Å²) in [5.74, 6) is 0. The van der Waals surface area contributed by atoms with Crippen LogP contribution in [-0.4, -0.2) is 16.4 Å². The Morgan fingerprint density at radius 3 is 0.600 bits per heavy atom. The molecule has 6 N–H and O–H groups in total. The van der Waals surface area contributed by atoms with Gasteiger partial charge in [-0.05, 0) is 0 Å². The van der Waals surface area contributed by atoms with Crippen LogP contribution in [0.25, 0.3) is 0 Å². The van der Waals surface area contributed by atoms with Crippen molar-refractivity contribution in [1.82, 2.24) is 0 Å². The van der Waals surface area contributed by atoms with Crippen molar-refractivity contribution in [1.29, 1.82) is 0 Å². The Hall–Kier alpha value is 0.867. The van der Waals surface area contributed by atoms with E-state index >= 15 is 0 Å². The van der Waals surface area contributed by atoms with E-state index in [0.717, 1.165) is 0 Å². The third kappa shape index (κ3) is 53.2. The Balaban J connectivity index is 0. The standard InChI is InChI=1S/2Ni.3H2O/h;;3*1H2/q;+2;;;. The molecule has 5 heavy (non-hydrogen) atoms. The van der Waals surface area contributed by atoms with Gasteiger partial charge in [-0.15, -0.1) is 0 Å². The molecule has 0 radical (unpaired) electrons. The van der Waals surface area contributed by atoms with Gasteiger partial charge in [-0.2, -0.15) is 0 Å². The van der Waals surface area contributed by atoms with Gasteiger partial charge >= 0.3 is 16.5 Å². The number of hydrogen-bond acceptors (Lipinski definition) is 0. The molecule has 0 saturated carbocycles. The third-order valence-electron chi connectivity index (χ3n) is 0. The molecule has 0 aliphatic heterocycles. The molecule has 0 aromatic rings. The van der Waals surface area contributed by atoms with Crippen molar-refractivity contribution in [2.24, 2.45) is 0 Å². The first-order valence-corrected chi connectivity index (χ1v) is 0. The molecule has 42 valence electrons. The van der Waals surface area contributed by atoms with Crippen molar-refractivity contribution in [3.05, 3.63) is 0 Å². The van der Waals surface area contributed by atoms with Gasteiger partial charge in [0.15, 0.2) is 0 Å². The smallest absolute Gasteiger partial charge is 0.412 e. The van der Waals surface area contributed by atoms with Crippen molar-refractivity contribution < 1.29 is 49.4 Å². The summed E-state index contributed by atoms with van der Waals surface area (Å²) in [6, 6.07) is 0. The first kappa shape index (κ1) is 185. The molecule has 0 saturated heterocycles. The molecule has 0 aromatic heterocycles. The summed E-state index contributed by atoms with van der Waals surface area (Å²) in [4.78, 5) is 0. The van der Waals surface area contributed by atoms with Gasteiger partial charge in [0.1, 0.15) is 0 Å². The predicted octanol–water partition coefficient (Wildman–Crippen LogP) is -2.48. The normalized spacial score (nSPS) is 0. The Morgan fingerprint density at radius 1 is 0.600 bits per heavy atom. The minimum Gasteiger partial charge on any atom is -0.412 e. The van der Waals surface area contributed by atoms with Crippen molar-refractivity contribution in [2.75, 3.05) is 0 Å². The first-order valence-electron chi connectivity index (χ1n) is 0. The monoisotopic (exact) mass is 170 g/mol. The van der Waals surface area contributed by atoms with E-state index in [9.17, 15) is 0 Å². The Labute approximate surface area is 49.9 Å². The number of rotatable bonds is 0. The van der Waals surface area contributed by atoms with Gasteiger partial charge < -0.3 is 16.4 Å². The van der Waals surface area contributed by atoms with Crippen LogP contribution >= 0.6 is 0 Å². The van der Waals surface area contributed by atoms with Crippen LogP contribution < -0.4 is 0 Å². The average Bonchev–Trinajstić information content (AvgIpc) is 0. The second-order valence-electron chi connectivity index (χ2n) is 0. The topological polar surface area (TPSA) is 94.5 Å². The average molecular weight is 171 g/mol. The second-order valence-corrected chi connectivity index (χ2v) is 0. The molecular weight excluding hydrogens is 165 g/mol. The molecule has 0 amide bonds. The summed E-state index contributed by atoms with van der Waals surface area (Å²) in [5.41, 5.74) is 0. The van der Waals surface area contributed by atoms with E-state index in [1.807, 2.05) is 0 Å². The zero-order valence-electron chi connectivity index (χ0n) is 2.13. The van der Waals surface area contributed by atoms with Crippen molar-refractivity contribution in [3.8, 4) is 0 Å². The van der Waals surface area contributed by atoms with E-state index in [-0.39, 0.29) is 49.4 Å². The Morgan fingerprint density at radius 2 is 0.600 bits per heavy atom. The predicted molar refractivity (Wildman–Crippen MR) is 10.8 cm³/mol. The maximum Gasteiger partial charge on any atom is 2.00 e. The van der Waals surface area contributed by atoms with Gasteiger partial charge in [-0.3, -0.25) is 0 Å². The fourth-order valence-electron chi connectivity index (χ4n) is 0. The van der Waals surface area contributed by atoms with E-state index in [2.05, 4.69) is 0 Å². The largest absolute Gasteiger partial charge is 2.00 e. The summed E-state index contributed by atoms with van der Waals surface area (Å²) in [7, 11) is 0. The summed E-state index contributed by atoms with van der Waals surface area (Å²) in [6.07, 6.45) is 0. The Kier molecular flexibility index (Phi) is 3580. The van der Waals surface area contributed by atoms with E-state index in [4.69, 9.17) is 0 Å². The second kappa shape index (κ2) is 96.8. The quantitative estimate of drug-likeness (QED) is 0.361. The van der Waals surface area contributed by atoms with E-state index < -0.39 is 0 Å². The van der Waals surface area contributed by atoms with Crippen LogP contribution in [-0.2, 0) is 33.0 Å². The fraction of sp³-hybridized carbons (Fsp3) is 0. The minimum atomic E-state index is 0. The maximum atomic E-state index is 0. The molecule has 3 nitrogen and oxygen atoms in total. The maximum absolute atomic E-state index is 0. The molecular formula is H6Ni2O3+2. The first-order chi connectivity index (χ1) is 0. The van der Waals surface area contributed by atoms with Crippen molar-refractivity contribution in [2.45, 2.75) is 0 Å². The van der Waals surface area contributed by atoms with Crippen LogP contribution in [0.4, 0.5) is 0 Å². The van der Waals surface area contributed by atoms with Gasteiger partial charge in [0.05, 0.1) is 0 Å². The molecule has 0 heterocycles. The molecule has 0 atom stereocenters. The van der Waals surface area contributed by atoms with Gasteiger partial charge in [0.2, 0.25) is 0 Å². The van der Waals surface area contributed by atoms with E-state index in [1.54, 1.807) is 0 Å². The molecule has 0 aromatic carbocycles. The number of hydrogen-bond donors (Lipinski definition) is 0. The molecule has 0 rings (SSSR count). The summed E-state index contributed by atoms with van der Waals surface area (Å²) in [5, 5.41) is 0. The van der Waals surface area contributed by atoms with Gasteiger partial charge in [0, 0.05) is 16.5 Å². The van der Waals surface area contributed by atoms with Crippen LogP contribution in [0.3, 0.4) is 0 Å². The minimum absolute atomic E-state index is 0. The fourth-order valence-corrected chi connectivity index (χ4v) is 0. The van der Waals surface area contributed by atoms with Crippen LogP contribution in [0, 0.1) is 0 Å². The molecule has 0 bridgehead atoms. The van der Waals surface area contributed by atoms with Crippen LogP contribution in [0.5, 0.6) is 0 Å². The van der Waals surface area contributed by atoms with Crippen LogP contribution in [0.1, 0.15) is 0 Å². The third-order valence-corrected chi connectivity index (χ3v) is 0. The summed E-state index contributed by atoms with van der Waals surface area (Å²) >= 11 is 0. The van der Waals surface area contributed by atoms with Gasteiger partial charge in [-0.25, -0.2) is 0 Å². The molecule has 0 spiro atoms. The summed E-state index contributed by atoms with van der Waals surface area (Å²) in [6.45, 7) is 0.